The molecule has 0 bridgehead atoms. The number of aromatic nitrogens is 4. The zero-order valence-corrected chi connectivity index (χ0v) is 8.20. The molecule has 2 rings (SSSR count). The maximum Gasteiger partial charge on any atom is 0.180 e. The molecule has 11 heavy (non-hydrogen) atoms. The minimum Gasteiger partial charge on any atom is -0.342 e. The van der Waals surface area contributed by atoms with Crippen LogP contribution < -0.4 is 0 Å². The lowest BCUT2D eigenvalue weighted by atomic mass is 10.6. The predicted octanol–water partition coefficient (Wildman–Crippen LogP) is 0.524. The summed E-state index contributed by atoms with van der Waals surface area (Å²) in [6, 6.07) is 0. The van der Waals surface area contributed by atoms with E-state index in [-0.39, 0.29) is 23.4 Å². The topological polar surface area (TPSA) is 54.5 Å². The van der Waals surface area contributed by atoms with Gasteiger partial charge in [0.1, 0.15) is 11.8 Å². The average molecular weight is 188 g/mol. The molecule has 1 unspecified atom stereocenters. The van der Waals surface area contributed by atoms with Crippen molar-refractivity contribution in [2.24, 2.45) is 0 Å². The van der Waals surface area contributed by atoms with Gasteiger partial charge >= 0.3 is 0 Å². The first kappa shape index (κ1) is 10.3. The molecule has 0 aromatic carbocycles. The SMILES string of the molecule is P.S.c1ncc2[nH]cnc2n1. The van der Waals surface area contributed by atoms with Crippen LogP contribution in [0, 0.1) is 0 Å². The van der Waals surface area contributed by atoms with E-state index in [1.54, 1.807) is 12.5 Å². The maximum absolute atomic E-state index is 3.91. The second kappa shape index (κ2) is 4.26. The molecule has 2 aromatic heterocycles. The molecule has 0 amide bonds. The third kappa shape index (κ3) is 1.88. The monoisotopic (exact) mass is 188 g/mol. The van der Waals surface area contributed by atoms with E-state index in [1.165, 1.54) is 6.33 Å². The van der Waals surface area contributed by atoms with Crippen molar-refractivity contribution in [3.8, 4) is 0 Å². The van der Waals surface area contributed by atoms with Crippen LogP contribution in [0.3, 0.4) is 0 Å². The molecule has 0 aliphatic carbocycles. The van der Waals surface area contributed by atoms with Crippen LogP contribution in [0.25, 0.3) is 11.2 Å². The molecule has 0 saturated heterocycles. The van der Waals surface area contributed by atoms with Crippen LogP contribution >= 0.6 is 23.4 Å². The van der Waals surface area contributed by atoms with E-state index in [1.807, 2.05) is 0 Å². The summed E-state index contributed by atoms with van der Waals surface area (Å²) in [5.41, 5.74) is 1.59. The summed E-state index contributed by atoms with van der Waals surface area (Å²) in [6.45, 7) is 0. The zero-order chi connectivity index (χ0) is 6.10. The minimum absolute atomic E-state index is 0. The average Bonchev–Trinajstić information content (AvgIpc) is 2.33. The molecule has 0 fully saturated rings. The van der Waals surface area contributed by atoms with Crippen molar-refractivity contribution in [2.75, 3.05) is 0 Å². The van der Waals surface area contributed by atoms with Gasteiger partial charge in [-0.2, -0.15) is 23.4 Å². The summed E-state index contributed by atoms with van der Waals surface area (Å²) in [7, 11) is 0. The lowest BCUT2D eigenvalue weighted by Crippen LogP contribution is -1.76. The van der Waals surface area contributed by atoms with Gasteiger partial charge in [0.25, 0.3) is 0 Å². The van der Waals surface area contributed by atoms with E-state index >= 15 is 0 Å². The number of nitrogens with zero attached hydrogens (tertiary/aromatic N) is 3. The third-order valence-corrected chi connectivity index (χ3v) is 1.10. The second-order valence-corrected chi connectivity index (χ2v) is 1.66. The summed E-state index contributed by atoms with van der Waals surface area (Å²) < 4.78 is 0. The Bertz CT molecular complexity index is 292. The Kier molecular flexibility index (Phi) is 4.00. The Labute approximate surface area is 73.9 Å². The molecule has 2 heterocycles. The Morgan fingerprint density at radius 3 is 2.82 bits per heavy atom. The summed E-state index contributed by atoms with van der Waals surface area (Å²) in [6.07, 6.45) is 4.76. The van der Waals surface area contributed by atoms with E-state index in [4.69, 9.17) is 0 Å². The molecular weight excluding hydrogens is 179 g/mol. The molecule has 0 saturated carbocycles. The Morgan fingerprint density at radius 1 is 1.27 bits per heavy atom. The van der Waals surface area contributed by atoms with E-state index in [2.05, 4.69) is 19.9 Å². The predicted molar refractivity (Wildman–Crippen MR) is 53.2 cm³/mol. The van der Waals surface area contributed by atoms with Gasteiger partial charge < -0.3 is 4.98 Å². The fraction of sp³-hybridized carbons (Fsp3) is 0. The fourth-order valence-corrected chi connectivity index (χ4v) is 0.691. The number of fused-ring (bicyclic) bond motifs is 1. The summed E-state index contributed by atoms with van der Waals surface area (Å²) in [5.74, 6) is 0. The van der Waals surface area contributed by atoms with Crippen molar-refractivity contribution < 1.29 is 0 Å². The van der Waals surface area contributed by atoms with Crippen LogP contribution in [0.15, 0.2) is 18.9 Å². The molecule has 1 atom stereocenters. The van der Waals surface area contributed by atoms with Crippen molar-refractivity contribution in [2.45, 2.75) is 0 Å². The molecule has 0 aliphatic heterocycles. The molecular formula is C5H9N4PS. The Hall–Kier alpha value is -0.670. The molecule has 0 radical (unpaired) electrons. The highest BCUT2D eigenvalue weighted by atomic mass is 32.1. The Balaban J connectivity index is 0.000000500. The van der Waals surface area contributed by atoms with E-state index in [0.29, 0.717) is 5.65 Å². The highest BCUT2D eigenvalue weighted by Crippen LogP contribution is 1.99. The van der Waals surface area contributed by atoms with E-state index in [9.17, 15) is 0 Å². The van der Waals surface area contributed by atoms with Crippen LogP contribution in [-0.4, -0.2) is 19.9 Å². The first-order valence-electron chi connectivity index (χ1n) is 2.56. The van der Waals surface area contributed by atoms with E-state index < -0.39 is 0 Å². The molecule has 6 heteroatoms. The molecule has 2 aromatic rings. The first-order chi connectivity index (χ1) is 4.47. The normalized spacial score (nSPS) is 8.36. The second-order valence-electron chi connectivity index (χ2n) is 1.66. The van der Waals surface area contributed by atoms with Crippen LogP contribution in [0.5, 0.6) is 0 Å². The number of hydrogen-bond donors (Lipinski definition) is 1. The van der Waals surface area contributed by atoms with Crippen molar-refractivity contribution >= 4 is 34.6 Å². The molecule has 60 valence electrons. The van der Waals surface area contributed by atoms with Crippen molar-refractivity contribution in [3.05, 3.63) is 18.9 Å². The van der Waals surface area contributed by atoms with Crippen LogP contribution in [0.4, 0.5) is 0 Å². The van der Waals surface area contributed by atoms with Gasteiger partial charge in [-0.15, -0.1) is 0 Å². The Morgan fingerprint density at radius 2 is 2.09 bits per heavy atom. The highest BCUT2D eigenvalue weighted by Gasteiger charge is 1.91. The lowest BCUT2D eigenvalue weighted by molar-refractivity contribution is 1.20. The van der Waals surface area contributed by atoms with Gasteiger partial charge in [0.05, 0.1) is 12.5 Å². The minimum atomic E-state index is 0. The standard InChI is InChI=1S/C5H4N4.H3P.H2S/c1-4-5(8-2-6-1)9-3-7-4;;/h1-3H,(H,6,7,8,9);1H3;1H2. The summed E-state index contributed by atoms with van der Waals surface area (Å²) in [5, 5.41) is 0. The van der Waals surface area contributed by atoms with Gasteiger partial charge in [0.15, 0.2) is 5.65 Å². The van der Waals surface area contributed by atoms with E-state index in [0.717, 1.165) is 5.52 Å². The summed E-state index contributed by atoms with van der Waals surface area (Å²) in [4.78, 5) is 14.5. The van der Waals surface area contributed by atoms with Crippen LogP contribution in [0.1, 0.15) is 0 Å². The molecule has 0 aliphatic rings. The van der Waals surface area contributed by atoms with Gasteiger partial charge in [-0.1, -0.05) is 0 Å². The lowest BCUT2D eigenvalue weighted by Gasteiger charge is -1.80. The van der Waals surface area contributed by atoms with Crippen molar-refractivity contribution in [1.82, 2.24) is 19.9 Å². The van der Waals surface area contributed by atoms with Gasteiger partial charge in [0.2, 0.25) is 0 Å². The van der Waals surface area contributed by atoms with Gasteiger partial charge in [-0.25, -0.2) is 15.0 Å². The zero-order valence-electron chi connectivity index (χ0n) is 5.78. The number of nitrogens with one attached hydrogen (secondary N) is 1. The quantitative estimate of drug-likeness (QED) is 0.613. The number of imidazole rings is 1. The van der Waals surface area contributed by atoms with Gasteiger partial charge in [-0.05, 0) is 0 Å². The largest absolute Gasteiger partial charge is 0.342 e. The van der Waals surface area contributed by atoms with Crippen molar-refractivity contribution in [3.63, 3.8) is 0 Å². The van der Waals surface area contributed by atoms with Crippen LogP contribution in [0.2, 0.25) is 0 Å². The smallest absolute Gasteiger partial charge is 0.180 e. The molecule has 0 spiro atoms. The summed E-state index contributed by atoms with van der Waals surface area (Å²) >= 11 is 0. The number of aromatic amines is 1. The number of hydrogen-bond acceptors (Lipinski definition) is 3. The van der Waals surface area contributed by atoms with Crippen molar-refractivity contribution in [1.29, 1.82) is 0 Å². The molecule has 1 N–H and O–H groups in total. The fourth-order valence-electron chi connectivity index (χ4n) is 0.691. The molecule has 4 nitrogen and oxygen atoms in total. The highest BCUT2D eigenvalue weighted by molar-refractivity contribution is 7.59. The van der Waals surface area contributed by atoms with Gasteiger partial charge in [-0.3, -0.25) is 0 Å². The third-order valence-electron chi connectivity index (χ3n) is 1.10. The number of H-pyrrole nitrogens is 1. The maximum atomic E-state index is 3.91. The van der Waals surface area contributed by atoms with Gasteiger partial charge in [0, 0.05) is 0 Å². The van der Waals surface area contributed by atoms with Crippen LogP contribution in [-0.2, 0) is 0 Å². The number of rotatable bonds is 0. The first-order valence-corrected chi connectivity index (χ1v) is 2.56.